The Labute approximate surface area is 219 Å². The number of ketones is 1. The monoisotopic (exact) mass is 497 g/mol. The van der Waals surface area contributed by atoms with Crippen LogP contribution in [0.1, 0.15) is 60.0 Å². The number of Topliss-reactive ketones (excluding diaryl/α,β-unsaturated/α-hetero) is 1. The lowest BCUT2D eigenvalue weighted by atomic mass is 9.93. The van der Waals surface area contributed by atoms with E-state index in [0.717, 1.165) is 47.3 Å². The van der Waals surface area contributed by atoms with Crippen LogP contribution in [0.2, 0.25) is 0 Å². The highest BCUT2D eigenvalue weighted by Gasteiger charge is 2.46. The third kappa shape index (κ3) is 5.93. The van der Waals surface area contributed by atoms with E-state index in [1.807, 2.05) is 86.6 Å². The molecule has 4 rings (SSSR count). The van der Waals surface area contributed by atoms with Crippen LogP contribution in [0.25, 0.3) is 5.76 Å². The van der Waals surface area contributed by atoms with Crippen LogP contribution in [0.15, 0.2) is 78.4 Å². The maximum atomic E-state index is 13.4. The summed E-state index contributed by atoms with van der Waals surface area (Å²) in [6.45, 7) is 6.99. The molecule has 1 atom stereocenters. The Hall–Kier alpha value is -3.86. The van der Waals surface area contributed by atoms with E-state index in [0.29, 0.717) is 25.1 Å². The molecule has 37 heavy (non-hydrogen) atoms. The number of amides is 1. The molecule has 5 nitrogen and oxygen atoms in total. The molecular weight excluding hydrogens is 462 g/mol. The van der Waals surface area contributed by atoms with Crippen LogP contribution in [0, 0.1) is 13.8 Å². The van der Waals surface area contributed by atoms with Crippen LogP contribution in [0.5, 0.6) is 5.75 Å². The molecule has 1 N–H and O–H groups in total. The fourth-order valence-corrected chi connectivity index (χ4v) is 4.78. The smallest absolute Gasteiger partial charge is 0.295 e. The SMILES string of the molecule is CCCCCOc1ccc(C2C(=C(O)c3cc(C)ccc3C)C(=O)C(=O)N2CCc2ccccc2)cc1. The summed E-state index contributed by atoms with van der Waals surface area (Å²) in [6.07, 6.45) is 3.84. The minimum absolute atomic E-state index is 0.128. The first kappa shape index (κ1) is 26.2. The molecule has 192 valence electrons. The maximum absolute atomic E-state index is 13.4. The van der Waals surface area contributed by atoms with E-state index in [1.165, 1.54) is 0 Å². The molecule has 1 unspecified atom stereocenters. The number of likely N-dealkylation sites (tertiary alicyclic amines) is 1. The van der Waals surface area contributed by atoms with E-state index in [-0.39, 0.29) is 11.3 Å². The molecule has 5 heteroatoms. The fraction of sp³-hybridized carbons (Fsp3) is 0.312. The van der Waals surface area contributed by atoms with Gasteiger partial charge in [0.1, 0.15) is 11.5 Å². The lowest BCUT2D eigenvalue weighted by molar-refractivity contribution is -0.139. The van der Waals surface area contributed by atoms with E-state index in [2.05, 4.69) is 6.92 Å². The minimum Gasteiger partial charge on any atom is -0.507 e. The minimum atomic E-state index is -0.683. The van der Waals surface area contributed by atoms with Crippen molar-refractivity contribution in [1.82, 2.24) is 4.90 Å². The lowest BCUT2D eigenvalue weighted by Crippen LogP contribution is -2.31. The predicted molar refractivity (Wildman–Crippen MR) is 147 cm³/mol. The number of hydrogen-bond donors (Lipinski definition) is 1. The van der Waals surface area contributed by atoms with E-state index in [9.17, 15) is 14.7 Å². The molecule has 1 aliphatic heterocycles. The summed E-state index contributed by atoms with van der Waals surface area (Å²) < 4.78 is 5.86. The van der Waals surface area contributed by atoms with Gasteiger partial charge in [0.05, 0.1) is 18.2 Å². The average molecular weight is 498 g/mol. The zero-order chi connectivity index (χ0) is 26.4. The molecule has 0 radical (unpaired) electrons. The van der Waals surface area contributed by atoms with Gasteiger partial charge >= 0.3 is 0 Å². The number of rotatable bonds is 10. The number of benzene rings is 3. The van der Waals surface area contributed by atoms with Crippen LogP contribution in [-0.2, 0) is 16.0 Å². The number of nitrogens with zero attached hydrogens (tertiary/aromatic N) is 1. The van der Waals surface area contributed by atoms with Crippen molar-refractivity contribution in [3.63, 3.8) is 0 Å². The highest BCUT2D eigenvalue weighted by atomic mass is 16.5. The highest BCUT2D eigenvalue weighted by molar-refractivity contribution is 6.46. The van der Waals surface area contributed by atoms with Crippen molar-refractivity contribution in [1.29, 1.82) is 0 Å². The van der Waals surface area contributed by atoms with E-state index in [1.54, 1.807) is 4.90 Å². The highest BCUT2D eigenvalue weighted by Crippen LogP contribution is 2.40. The van der Waals surface area contributed by atoms with Crippen molar-refractivity contribution in [2.45, 2.75) is 52.5 Å². The quantitative estimate of drug-likeness (QED) is 0.150. The summed E-state index contributed by atoms with van der Waals surface area (Å²) in [5.41, 5.74) is 4.35. The molecule has 0 aromatic heterocycles. The molecule has 0 bridgehead atoms. The molecule has 3 aromatic rings. The van der Waals surface area contributed by atoms with Crippen molar-refractivity contribution < 1.29 is 19.4 Å². The van der Waals surface area contributed by atoms with Crippen LogP contribution < -0.4 is 4.74 Å². The molecule has 1 aliphatic rings. The van der Waals surface area contributed by atoms with E-state index < -0.39 is 17.7 Å². The lowest BCUT2D eigenvalue weighted by Gasteiger charge is -2.26. The first-order valence-electron chi connectivity index (χ1n) is 13.0. The Morgan fingerprint density at radius 2 is 1.68 bits per heavy atom. The maximum Gasteiger partial charge on any atom is 0.295 e. The first-order valence-corrected chi connectivity index (χ1v) is 13.0. The first-order chi connectivity index (χ1) is 17.9. The van der Waals surface area contributed by atoms with Gasteiger partial charge in [-0.1, -0.05) is 79.9 Å². The molecule has 1 fully saturated rings. The van der Waals surface area contributed by atoms with Gasteiger partial charge in [0.25, 0.3) is 11.7 Å². The predicted octanol–water partition coefficient (Wildman–Crippen LogP) is 6.54. The summed E-state index contributed by atoms with van der Waals surface area (Å²) >= 11 is 0. The fourth-order valence-electron chi connectivity index (χ4n) is 4.78. The van der Waals surface area contributed by atoms with Crippen LogP contribution >= 0.6 is 0 Å². The summed E-state index contributed by atoms with van der Waals surface area (Å²) in [4.78, 5) is 28.2. The molecule has 3 aromatic carbocycles. The summed E-state index contributed by atoms with van der Waals surface area (Å²) in [7, 11) is 0. The zero-order valence-corrected chi connectivity index (χ0v) is 21.9. The van der Waals surface area contributed by atoms with Gasteiger partial charge < -0.3 is 14.7 Å². The van der Waals surface area contributed by atoms with Gasteiger partial charge in [-0.15, -0.1) is 0 Å². The normalized spacial score (nSPS) is 16.8. The van der Waals surface area contributed by atoms with E-state index >= 15 is 0 Å². The van der Waals surface area contributed by atoms with Crippen molar-refractivity contribution in [3.05, 3.63) is 106 Å². The van der Waals surface area contributed by atoms with Gasteiger partial charge in [-0.3, -0.25) is 9.59 Å². The molecule has 1 heterocycles. The number of aliphatic hydroxyl groups is 1. The summed E-state index contributed by atoms with van der Waals surface area (Å²) in [5.74, 6) is -0.633. The Balaban J connectivity index is 1.72. The van der Waals surface area contributed by atoms with Gasteiger partial charge in [0.2, 0.25) is 0 Å². The number of carbonyl (C=O) groups is 2. The largest absolute Gasteiger partial charge is 0.507 e. The Morgan fingerprint density at radius 3 is 2.38 bits per heavy atom. The van der Waals surface area contributed by atoms with Gasteiger partial charge in [-0.05, 0) is 61.6 Å². The average Bonchev–Trinajstić information content (AvgIpc) is 3.17. The third-order valence-corrected chi connectivity index (χ3v) is 6.88. The van der Waals surface area contributed by atoms with Crippen molar-refractivity contribution in [2.24, 2.45) is 0 Å². The Kier molecular flexibility index (Phi) is 8.44. The molecule has 0 aliphatic carbocycles. The van der Waals surface area contributed by atoms with Crippen molar-refractivity contribution in [3.8, 4) is 5.75 Å². The van der Waals surface area contributed by atoms with Crippen LogP contribution in [0.4, 0.5) is 0 Å². The van der Waals surface area contributed by atoms with E-state index in [4.69, 9.17) is 4.74 Å². The number of aliphatic hydroxyl groups excluding tert-OH is 1. The molecule has 1 saturated heterocycles. The second kappa shape index (κ2) is 11.9. The van der Waals surface area contributed by atoms with Gasteiger partial charge in [-0.25, -0.2) is 0 Å². The van der Waals surface area contributed by atoms with Crippen molar-refractivity contribution >= 4 is 17.4 Å². The molecule has 1 amide bonds. The topological polar surface area (TPSA) is 66.8 Å². The second-order valence-electron chi connectivity index (χ2n) is 9.67. The number of hydrogen-bond acceptors (Lipinski definition) is 4. The number of unbranched alkanes of at least 4 members (excludes halogenated alkanes) is 2. The summed E-state index contributed by atoms with van der Waals surface area (Å²) in [5, 5.41) is 11.4. The molecule has 0 spiro atoms. The third-order valence-electron chi connectivity index (χ3n) is 6.88. The number of carbonyl (C=O) groups excluding carboxylic acids is 2. The standard InChI is InChI=1S/C32H35NO4/c1-4-5-9-20-37-26-16-14-25(15-17-26)29-28(30(34)27-21-22(2)12-13-23(27)3)31(35)32(36)33(29)19-18-24-10-7-6-8-11-24/h6-8,10-17,21,29,34H,4-5,9,18-20H2,1-3H3. The number of ether oxygens (including phenoxy) is 1. The number of aryl methyl sites for hydroxylation is 2. The van der Waals surface area contributed by atoms with Gasteiger partial charge in [0.15, 0.2) is 0 Å². The van der Waals surface area contributed by atoms with Crippen LogP contribution in [-0.4, -0.2) is 34.8 Å². The van der Waals surface area contributed by atoms with Gasteiger partial charge in [0, 0.05) is 12.1 Å². The Bertz CT molecular complexity index is 1280. The Morgan fingerprint density at radius 1 is 0.946 bits per heavy atom. The van der Waals surface area contributed by atoms with Crippen molar-refractivity contribution in [2.75, 3.05) is 13.2 Å². The molecular formula is C32H35NO4. The zero-order valence-electron chi connectivity index (χ0n) is 21.9. The van der Waals surface area contributed by atoms with Crippen LogP contribution in [0.3, 0.4) is 0 Å². The van der Waals surface area contributed by atoms with Gasteiger partial charge in [-0.2, -0.15) is 0 Å². The summed E-state index contributed by atoms with van der Waals surface area (Å²) in [6, 6.07) is 22.4. The molecule has 0 saturated carbocycles. The second-order valence-corrected chi connectivity index (χ2v) is 9.67.